The number of nitrogens with one attached hydrogen (secondary N) is 1. The second-order valence-electron chi connectivity index (χ2n) is 6.64. The van der Waals surface area contributed by atoms with Crippen LogP contribution in [0.15, 0.2) is 35.3 Å². The molecule has 2 saturated heterocycles. The number of guanidine groups is 1. The minimum Gasteiger partial charge on any atom is -0.489 e. The van der Waals surface area contributed by atoms with Crippen molar-refractivity contribution in [1.82, 2.24) is 10.2 Å². The summed E-state index contributed by atoms with van der Waals surface area (Å²) in [5.41, 5.74) is 0.351. The molecule has 2 heterocycles. The monoisotopic (exact) mass is 445 g/mol. The van der Waals surface area contributed by atoms with Gasteiger partial charge in [0.2, 0.25) is 0 Å². The molecule has 3 rings (SSSR count). The quantitative estimate of drug-likeness (QED) is 0.440. The Morgan fingerprint density at radius 3 is 2.83 bits per heavy atom. The first kappa shape index (κ1) is 19.3. The van der Waals surface area contributed by atoms with Crippen LogP contribution < -0.4 is 10.1 Å². The van der Waals surface area contributed by atoms with Crippen molar-refractivity contribution in [3.05, 3.63) is 30.3 Å². The van der Waals surface area contributed by atoms with Crippen LogP contribution in [0.5, 0.6) is 5.75 Å². The Morgan fingerprint density at radius 2 is 2.17 bits per heavy atom. The first-order chi connectivity index (χ1) is 11.2. The number of para-hydroxylation sites is 1. The first-order valence-electron chi connectivity index (χ1n) is 8.46. The van der Waals surface area contributed by atoms with Crippen LogP contribution in [0.3, 0.4) is 0 Å². The van der Waals surface area contributed by atoms with E-state index in [2.05, 4.69) is 22.1 Å². The number of nitrogens with zero attached hydrogens (tertiary/aromatic N) is 2. The smallest absolute Gasteiger partial charge is 0.193 e. The van der Waals surface area contributed by atoms with E-state index in [1.54, 1.807) is 0 Å². The van der Waals surface area contributed by atoms with Crippen molar-refractivity contribution in [2.45, 2.75) is 25.9 Å². The molecule has 2 aliphatic heterocycles. The van der Waals surface area contributed by atoms with Crippen molar-refractivity contribution in [1.29, 1.82) is 0 Å². The van der Waals surface area contributed by atoms with Crippen LogP contribution in [0.4, 0.5) is 0 Å². The average molecular weight is 445 g/mol. The summed E-state index contributed by atoms with van der Waals surface area (Å²) >= 11 is 0. The maximum Gasteiger partial charge on any atom is 0.193 e. The summed E-state index contributed by atoms with van der Waals surface area (Å²) < 4.78 is 11.5. The van der Waals surface area contributed by atoms with Gasteiger partial charge < -0.3 is 19.7 Å². The fraction of sp³-hybridized carbons (Fsp3) is 0.611. The lowest BCUT2D eigenvalue weighted by molar-refractivity contribution is 0.156. The van der Waals surface area contributed by atoms with E-state index < -0.39 is 0 Å². The number of ether oxygens (including phenoxy) is 2. The van der Waals surface area contributed by atoms with Crippen LogP contribution in [0.1, 0.15) is 19.8 Å². The molecule has 1 N–H and O–H groups in total. The van der Waals surface area contributed by atoms with Gasteiger partial charge in [0.05, 0.1) is 13.2 Å². The Balaban J connectivity index is 0.00000208. The molecule has 2 atom stereocenters. The van der Waals surface area contributed by atoms with Gasteiger partial charge in [-0.05, 0) is 31.9 Å². The van der Waals surface area contributed by atoms with Crippen molar-refractivity contribution in [3.63, 3.8) is 0 Å². The van der Waals surface area contributed by atoms with Gasteiger partial charge in [-0.1, -0.05) is 18.2 Å². The van der Waals surface area contributed by atoms with Gasteiger partial charge in [0.15, 0.2) is 5.96 Å². The Bertz CT molecular complexity index is 532. The van der Waals surface area contributed by atoms with Gasteiger partial charge in [0, 0.05) is 32.2 Å². The van der Waals surface area contributed by atoms with Crippen molar-refractivity contribution in [3.8, 4) is 5.75 Å². The molecule has 2 unspecified atom stereocenters. The third-order valence-electron chi connectivity index (χ3n) is 4.76. The predicted octanol–water partition coefficient (Wildman–Crippen LogP) is 2.76. The van der Waals surface area contributed by atoms with Crippen LogP contribution in [-0.4, -0.2) is 56.9 Å². The molecule has 1 aromatic carbocycles. The molecule has 0 bridgehead atoms. The molecule has 2 fully saturated rings. The van der Waals surface area contributed by atoms with Gasteiger partial charge in [-0.25, -0.2) is 0 Å². The third-order valence-corrected chi connectivity index (χ3v) is 4.76. The topological polar surface area (TPSA) is 46.1 Å². The van der Waals surface area contributed by atoms with E-state index in [1.165, 1.54) is 12.8 Å². The maximum absolute atomic E-state index is 5.91. The zero-order valence-electron chi connectivity index (χ0n) is 14.5. The number of aliphatic imine (C=N–C) groups is 1. The molecule has 134 valence electrons. The predicted molar refractivity (Wildman–Crippen MR) is 107 cm³/mol. The number of hydrogen-bond donors (Lipinski definition) is 1. The molecule has 0 saturated carbocycles. The van der Waals surface area contributed by atoms with E-state index in [0.29, 0.717) is 5.41 Å². The van der Waals surface area contributed by atoms with E-state index in [1.807, 2.05) is 37.4 Å². The van der Waals surface area contributed by atoms with Gasteiger partial charge in [-0.3, -0.25) is 4.99 Å². The van der Waals surface area contributed by atoms with E-state index in [-0.39, 0.29) is 30.1 Å². The van der Waals surface area contributed by atoms with Gasteiger partial charge in [-0.2, -0.15) is 0 Å². The second-order valence-corrected chi connectivity index (χ2v) is 6.64. The van der Waals surface area contributed by atoms with E-state index in [0.717, 1.165) is 44.6 Å². The molecular weight excluding hydrogens is 417 g/mol. The molecule has 0 aliphatic carbocycles. The highest BCUT2D eigenvalue weighted by atomic mass is 127. The molecule has 6 heteroatoms. The Hall–Kier alpha value is -1.02. The summed E-state index contributed by atoms with van der Waals surface area (Å²) in [5, 5.41) is 3.45. The fourth-order valence-electron chi connectivity index (χ4n) is 3.43. The van der Waals surface area contributed by atoms with E-state index >= 15 is 0 Å². The van der Waals surface area contributed by atoms with Crippen molar-refractivity contribution < 1.29 is 9.47 Å². The molecule has 2 aliphatic rings. The van der Waals surface area contributed by atoms with Gasteiger partial charge in [0.25, 0.3) is 0 Å². The Labute approximate surface area is 161 Å². The van der Waals surface area contributed by atoms with Crippen LogP contribution >= 0.6 is 24.0 Å². The minimum atomic E-state index is 0. The molecule has 0 aromatic heterocycles. The standard InChI is InChI=1S/C18H27N3O2.HI/c1-15(23-16-6-4-3-5-7-16)12-20-17(19-2)21-10-8-18(13-21)9-11-22-14-18;/h3-7,15H,8-14H2,1-2H3,(H,19,20);1H. The second kappa shape index (κ2) is 8.89. The molecule has 1 aromatic rings. The lowest BCUT2D eigenvalue weighted by Gasteiger charge is -2.26. The number of rotatable bonds is 4. The molecule has 0 amide bonds. The zero-order valence-corrected chi connectivity index (χ0v) is 16.9. The van der Waals surface area contributed by atoms with Crippen molar-refractivity contribution >= 4 is 29.9 Å². The van der Waals surface area contributed by atoms with Crippen molar-refractivity contribution in [2.75, 3.05) is 39.9 Å². The number of halogens is 1. The number of benzene rings is 1. The molecule has 1 spiro atoms. The van der Waals surface area contributed by atoms with Crippen LogP contribution in [0, 0.1) is 5.41 Å². The van der Waals surface area contributed by atoms with Crippen LogP contribution in [0.2, 0.25) is 0 Å². The maximum atomic E-state index is 5.91. The minimum absolute atomic E-state index is 0. The van der Waals surface area contributed by atoms with Crippen LogP contribution in [-0.2, 0) is 4.74 Å². The largest absolute Gasteiger partial charge is 0.489 e. The number of hydrogen-bond acceptors (Lipinski definition) is 3. The molecule has 24 heavy (non-hydrogen) atoms. The first-order valence-corrected chi connectivity index (χ1v) is 8.46. The normalized spacial score (nSPS) is 24.8. The fourth-order valence-corrected chi connectivity index (χ4v) is 3.43. The Kier molecular flexibility index (Phi) is 7.16. The highest BCUT2D eigenvalue weighted by Gasteiger charge is 2.42. The lowest BCUT2D eigenvalue weighted by atomic mass is 9.87. The zero-order chi connectivity index (χ0) is 16.1. The highest BCUT2D eigenvalue weighted by Crippen LogP contribution is 2.38. The Morgan fingerprint density at radius 1 is 1.38 bits per heavy atom. The SMILES string of the molecule is CN=C(NCC(C)Oc1ccccc1)N1CCC2(CCOC2)C1.I. The average Bonchev–Trinajstić information content (AvgIpc) is 3.20. The molecule has 0 radical (unpaired) electrons. The van der Waals surface area contributed by atoms with Crippen molar-refractivity contribution in [2.24, 2.45) is 10.4 Å². The summed E-state index contributed by atoms with van der Waals surface area (Å²) in [6.45, 7) is 6.71. The van der Waals surface area contributed by atoms with Crippen LogP contribution in [0.25, 0.3) is 0 Å². The van der Waals surface area contributed by atoms with Gasteiger partial charge >= 0.3 is 0 Å². The summed E-state index contributed by atoms with van der Waals surface area (Å²) in [6, 6.07) is 9.93. The molecule has 5 nitrogen and oxygen atoms in total. The number of likely N-dealkylation sites (tertiary alicyclic amines) is 1. The van der Waals surface area contributed by atoms with Gasteiger partial charge in [-0.15, -0.1) is 24.0 Å². The summed E-state index contributed by atoms with van der Waals surface area (Å²) in [7, 11) is 1.85. The van der Waals surface area contributed by atoms with E-state index in [9.17, 15) is 0 Å². The van der Waals surface area contributed by atoms with E-state index in [4.69, 9.17) is 9.47 Å². The third kappa shape index (κ3) is 4.75. The molecular formula is C18H28IN3O2. The summed E-state index contributed by atoms with van der Waals surface area (Å²) in [5.74, 6) is 1.87. The highest BCUT2D eigenvalue weighted by molar-refractivity contribution is 14.0. The summed E-state index contributed by atoms with van der Waals surface area (Å²) in [4.78, 5) is 6.79. The lowest BCUT2D eigenvalue weighted by Crippen LogP contribution is -2.44. The summed E-state index contributed by atoms with van der Waals surface area (Å²) in [6.07, 6.45) is 2.46. The van der Waals surface area contributed by atoms with Gasteiger partial charge in [0.1, 0.15) is 11.9 Å².